The standard InChI is InChI=1S/C9H9N5O/c1-5-8(9(10)15)11-4-7(14-5)6-2-12-13-3-6/h2-4H,1H3,(H2,10,15)(H,12,13). The fourth-order valence-corrected chi connectivity index (χ4v) is 1.25. The van der Waals surface area contributed by atoms with Crippen LogP contribution < -0.4 is 5.73 Å². The number of aromatic nitrogens is 4. The number of aromatic amines is 1. The van der Waals surface area contributed by atoms with Crippen molar-refractivity contribution in [2.75, 3.05) is 0 Å². The number of aryl methyl sites for hydroxylation is 1. The number of carbonyl (C=O) groups excluding carboxylic acids is 1. The second-order valence-electron chi connectivity index (χ2n) is 3.04. The van der Waals surface area contributed by atoms with E-state index in [-0.39, 0.29) is 5.69 Å². The summed E-state index contributed by atoms with van der Waals surface area (Å²) >= 11 is 0. The number of carbonyl (C=O) groups is 1. The lowest BCUT2D eigenvalue weighted by atomic mass is 10.2. The Bertz CT molecular complexity index is 491. The molecule has 15 heavy (non-hydrogen) atoms. The van der Waals surface area contributed by atoms with Gasteiger partial charge in [0.25, 0.3) is 5.91 Å². The van der Waals surface area contributed by atoms with Crippen molar-refractivity contribution < 1.29 is 4.79 Å². The number of hydrogen-bond acceptors (Lipinski definition) is 4. The van der Waals surface area contributed by atoms with Gasteiger partial charge in [-0.25, -0.2) is 9.97 Å². The van der Waals surface area contributed by atoms with E-state index in [0.29, 0.717) is 11.4 Å². The Kier molecular flexibility index (Phi) is 2.17. The Morgan fingerprint density at radius 2 is 2.27 bits per heavy atom. The molecule has 2 aromatic rings. The van der Waals surface area contributed by atoms with Crippen LogP contribution in [0.3, 0.4) is 0 Å². The second-order valence-corrected chi connectivity index (χ2v) is 3.04. The predicted octanol–water partition coefficient (Wildman–Crippen LogP) is 0.274. The fraction of sp³-hybridized carbons (Fsp3) is 0.111. The van der Waals surface area contributed by atoms with Gasteiger partial charge < -0.3 is 5.73 Å². The Balaban J connectivity index is 2.47. The van der Waals surface area contributed by atoms with Gasteiger partial charge in [-0.3, -0.25) is 9.89 Å². The van der Waals surface area contributed by atoms with Crippen molar-refractivity contribution in [2.24, 2.45) is 5.73 Å². The molecule has 0 bridgehead atoms. The fourth-order valence-electron chi connectivity index (χ4n) is 1.25. The molecule has 0 unspecified atom stereocenters. The van der Waals surface area contributed by atoms with Crippen molar-refractivity contribution in [1.29, 1.82) is 0 Å². The summed E-state index contributed by atoms with van der Waals surface area (Å²) in [6, 6.07) is 0. The summed E-state index contributed by atoms with van der Waals surface area (Å²) < 4.78 is 0. The molecule has 0 radical (unpaired) electrons. The van der Waals surface area contributed by atoms with Crippen LogP contribution in [-0.2, 0) is 0 Å². The van der Waals surface area contributed by atoms with Crippen LogP contribution in [0, 0.1) is 6.92 Å². The largest absolute Gasteiger partial charge is 0.364 e. The van der Waals surface area contributed by atoms with E-state index in [2.05, 4.69) is 20.2 Å². The van der Waals surface area contributed by atoms with Crippen LogP contribution in [0.4, 0.5) is 0 Å². The average molecular weight is 203 g/mol. The molecule has 0 aliphatic carbocycles. The molecule has 6 nitrogen and oxygen atoms in total. The number of nitrogens with two attached hydrogens (primary N) is 1. The molecule has 2 aromatic heterocycles. The molecule has 1 amide bonds. The van der Waals surface area contributed by atoms with Gasteiger partial charge in [-0.1, -0.05) is 0 Å². The number of rotatable bonds is 2. The predicted molar refractivity (Wildman–Crippen MR) is 52.9 cm³/mol. The number of amides is 1. The molecule has 3 N–H and O–H groups in total. The van der Waals surface area contributed by atoms with E-state index in [1.165, 1.54) is 6.20 Å². The summed E-state index contributed by atoms with van der Waals surface area (Å²) in [7, 11) is 0. The maximum Gasteiger partial charge on any atom is 0.269 e. The van der Waals surface area contributed by atoms with Crippen LogP contribution >= 0.6 is 0 Å². The van der Waals surface area contributed by atoms with E-state index in [0.717, 1.165) is 5.56 Å². The third kappa shape index (κ3) is 1.69. The lowest BCUT2D eigenvalue weighted by Gasteiger charge is -2.01. The Morgan fingerprint density at radius 3 is 2.80 bits per heavy atom. The number of nitrogens with zero attached hydrogens (tertiary/aromatic N) is 3. The smallest absolute Gasteiger partial charge is 0.269 e. The van der Waals surface area contributed by atoms with Gasteiger partial charge in [0.15, 0.2) is 0 Å². The summed E-state index contributed by atoms with van der Waals surface area (Å²) in [5.41, 5.74) is 7.31. The molecule has 0 aliphatic heterocycles. The van der Waals surface area contributed by atoms with Crippen LogP contribution in [0.25, 0.3) is 11.3 Å². The van der Waals surface area contributed by atoms with E-state index in [9.17, 15) is 4.79 Å². The number of primary amides is 1. The topological polar surface area (TPSA) is 97.6 Å². The Labute approximate surface area is 85.6 Å². The molecule has 0 aliphatic rings. The molecule has 2 heterocycles. The van der Waals surface area contributed by atoms with Crippen molar-refractivity contribution in [2.45, 2.75) is 6.92 Å². The van der Waals surface area contributed by atoms with Gasteiger partial charge in [0, 0.05) is 11.8 Å². The van der Waals surface area contributed by atoms with Crippen LogP contribution in [-0.4, -0.2) is 26.1 Å². The quantitative estimate of drug-likeness (QED) is 0.732. The average Bonchev–Trinajstić information content (AvgIpc) is 2.69. The van der Waals surface area contributed by atoms with Crippen LogP contribution in [0.15, 0.2) is 18.6 Å². The number of nitrogens with one attached hydrogen (secondary N) is 1. The summed E-state index contributed by atoms with van der Waals surface area (Å²) in [4.78, 5) is 19.1. The first-order chi connectivity index (χ1) is 7.18. The summed E-state index contributed by atoms with van der Waals surface area (Å²) in [6.07, 6.45) is 4.83. The highest BCUT2D eigenvalue weighted by Crippen LogP contribution is 2.14. The minimum Gasteiger partial charge on any atom is -0.364 e. The van der Waals surface area contributed by atoms with Crippen molar-refractivity contribution >= 4 is 5.91 Å². The van der Waals surface area contributed by atoms with E-state index in [1.807, 2.05) is 0 Å². The lowest BCUT2D eigenvalue weighted by molar-refractivity contribution is 0.0994. The minimum absolute atomic E-state index is 0.197. The number of hydrogen-bond donors (Lipinski definition) is 2. The Hall–Kier alpha value is -2.24. The van der Waals surface area contributed by atoms with Gasteiger partial charge in [0.2, 0.25) is 0 Å². The molecule has 0 saturated carbocycles. The van der Waals surface area contributed by atoms with Gasteiger partial charge in [-0.2, -0.15) is 5.10 Å². The lowest BCUT2D eigenvalue weighted by Crippen LogP contribution is -2.15. The zero-order valence-corrected chi connectivity index (χ0v) is 8.06. The molecule has 0 spiro atoms. The summed E-state index contributed by atoms with van der Waals surface area (Å²) in [5.74, 6) is -0.571. The molecular formula is C9H9N5O. The molecule has 0 fully saturated rings. The zero-order valence-electron chi connectivity index (χ0n) is 8.06. The second kappa shape index (κ2) is 3.49. The molecule has 2 rings (SSSR count). The van der Waals surface area contributed by atoms with Crippen molar-refractivity contribution in [3.05, 3.63) is 30.0 Å². The molecule has 76 valence electrons. The highest BCUT2D eigenvalue weighted by Gasteiger charge is 2.09. The maximum atomic E-state index is 10.9. The monoisotopic (exact) mass is 203 g/mol. The van der Waals surface area contributed by atoms with Crippen molar-refractivity contribution in [1.82, 2.24) is 20.2 Å². The Morgan fingerprint density at radius 1 is 1.47 bits per heavy atom. The van der Waals surface area contributed by atoms with Crippen LogP contribution in [0.5, 0.6) is 0 Å². The molecule has 0 atom stereocenters. The molecule has 0 aromatic carbocycles. The van der Waals surface area contributed by atoms with Crippen molar-refractivity contribution in [3.8, 4) is 11.3 Å². The van der Waals surface area contributed by atoms with E-state index in [1.54, 1.807) is 19.3 Å². The van der Waals surface area contributed by atoms with E-state index >= 15 is 0 Å². The molecular weight excluding hydrogens is 194 g/mol. The first-order valence-corrected chi connectivity index (χ1v) is 4.31. The normalized spacial score (nSPS) is 10.2. The van der Waals surface area contributed by atoms with Crippen LogP contribution in [0.1, 0.15) is 16.2 Å². The van der Waals surface area contributed by atoms with Gasteiger partial charge in [-0.15, -0.1) is 0 Å². The zero-order chi connectivity index (χ0) is 10.8. The first-order valence-electron chi connectivity index (χ1n) is 4.31. The highest BCUT2D eigenvalue weighted by atomic mass is 16.1. The summed E-state index contributed by atoms with van der Waals surface area (Å²) in [6.45, 7) is 1.69. The maximum absolute atomic E-state index is 10.9. The molecule has 0 saturated heterocycles. The highest BCUT2D eigenvalue weighted by molar-refractivity contribution is 5.91. The third-order valence-corrected chi connectivity index (χ3v) is 1.97. The van der Waals surface area contributed by atoms with Crippen molar-refractivity contribution in [3.63, 3.8) is 0 Å². The first kappa shape index (κ1) is 9.32. The van der Waals surface area contributed by atoms with Crippen LogP contribution in [0.2, 0.25) is 0 Å². The minimum atomic E-state index is -0.571. The number of H-pyrrole nitrogens is 1. The van der Waals surface area contributed by atoms with E-state index in [4.69, 9.17) is 5.73 Å². The van der Waals surface area contributed by atoms with E-state index < -0.39 is 5.91 Å². The molecule has 6 heteroatoms. The third-order valence-electron chi connectivity index (χ3n) is 1.97. The van der Waals surface area contributed by atoms with Gasteiger partial charge in [-0.05, 0) is 6.92 Å². The summed E-state index contributed by atoms with van der Waals surface area (Å²) in [5, 5.41) is 6.48. The SMILES string of the molecule is Cc1nc(-c2cn[nH]c2)cnc1C(N)=O. The van der Waals surface area contributed by atoms with Gasteiger partial charge in [0.05, 0.1) is 23.8 Å². The van der Waals surface area contributed by atoms with Gasteiger partial charge in [0.1, 0.15) is 5.69 Å². The van der Waals surface area contributed by atoms with Gasteiger partial charge >= 0.3 is 0 Å².